The minimum atomic E-state index is -1.29. The zero-order chi connectivity index (χ0) is 22.7. The first-order chi connectivity index (χ1) is 15.5. The summed E-state index contributed by atoms with van der Waals surface area (Å²) in [6.45, 7) is -0.0405. The van der Waals surface area contributed by atoms with Crippen LogP contribution in [0.2, 0.25) is 0 Å². The van der Waals surface area contributed by atoms with Crippen molar-refractivity contribution in [3.05, 3.63) is 77.5 Å². The molecule has 2 unspecified atom stereocenters. The summed E-state index contributed by atoms with van der Waals surface area (Å²) < 4.78 is 10.4. The number of carbonyl (C=O) groups is 1. The maximum atomic E-state index is 12.2. The third-order valence-corrected chi connectivity index (χ3v) is 5.60. The number of hydrogen-bond acceptors (Lipinski definition) is 7. The molecule has 1 aliphatic rings. The Balaban J connectivity index is 1.33. The summed E-state index contributed by atoms with van der Waals surface area (Å²) in [7, 11) is 1.43. The molecule has 2 atom stereocenters. The van der Waals surface area contributed by atoms with E-state index in [0.29, 0.717) is 5.56 Å². The summed E-state index contributed by atoms with van der Waals surface area (Å²) in [4.78, 5) is 16.2. The van der Waals surface area contributed by atoms with Crippen molar-refractivity contribution in [3.8, 4) is 17.0 Å². The standard InChI is InChI=1S/C24H25N3O5/c1-31-23-20(25)10-14(11-26-23)22(29)21(28)12-27-24(30)32-13-19-17-8-4-2-6-15(17)16-7-3-5-9-18(16)19/h2-11,19,21-22,28-29H,12-13,25H2,1H3,(H,27,30). The maximum absolute atomic E-state index is 12.2. The van der Waals surface area contributed by atoms with Gasteiger partial charge in [0.25, 0.3) is 0 Å². The Morgan fingerprint density at radius 2 is 1.75 bits per heavy atom. The number of aromatic nitrogens is 1. The number of nitrogens with two attached hydrogens (primary N) is 1. The van der Waals surface area contributed by atoms with Gasteiger partial charge in [0.05, 0.1) is 12.8 Å². The highest BCUT2D eigenvalue weighted by molar-refractivity contribution is 5.79. The van der Waals surface area contributed by atoms with Crippen LogP contribution < -0.4 is 15.8 Å². The molecule has 0 aliphatic heterocycles. The second-order valence-electron chi connectivity index (χ2n) is 7.59. The number of pyridine rings is 1. The topological polar surface area (TPSA) is 127 Å². The average Bonchev–Trinajstić information content (AvgIpc) is 3.14. The second-order valence-corrected chi connectivity index (χ2v) is 7.59. The Labute approximate surface area is 185 Å². The average molecular weight is 435 g/mol. The molecule has 4 rings (SSSR count). The number of ether oxygens (including phenoxy) is 2. The number of aliphatic hydroxyl groups excluding tert-OH is 2. The molecule has 0 bridgehead atoms. The molecule has 1 aliphatic carbocycles. The molecule has 8 nitrogen and oxygen atoms in total. The molecule has 0 fully saturated rings. The Morgan fingerprint density at radius 1 is 1.12 bits per heavy atom. The highest BCUT2D eigenvalue weighted by Gasteiger charge is 2.29. The molecule has 0 radical (unpaired) electrons. The first-order valence-electron chi connectivity index (χ1n) is 10.2. The summed E-state index contributed by atoms with van der Waals surface area (Å²) in [5, 5.41) is 23.1. The Hall–Kier alpha value is -3.62. The quantitative estimate of drug-likeness (QED) is 0.449. The molecular formula is C24H25N3O5. The minimum absolute atomic E-state index is 0.0583. The van der Waals surface area contributed by atoms with Crippen molar-refractivity contribution in [1.29, 1.82) is 0 Å². The number of amides is 1. The molecule has 1 amide bonds. The molecule has 0 spiro atoms. The smallest absolute Gasteiger partial charge is 0.407 e. The van der Waals surface area contributed by atoms with E-state index in [2.05, 4.69) is 22.4 Å². The number of anilines is 1. The molecule has 0 saturated carbocycles. The lowest BCUT2D eigenvalue weighted by atomic mass is 9.98. The summed E-state index contributed by atoms with van der Waals surface area (Å²) >= 11 is 0. The molecule has 32 heavy (non-hydrogen) atoms. The Kier molecular flexibility index (Phi) is 6.25. The number of benzene rings is 2. The van der Waals surface area contributed by atoms with Crippen LogP contribution in [0, 0.1) is 0 Å². The predicted octanol–water partition coefficient (Wildman–Crippen LogP) is 2.61. The first-order valence-corrected chi connectivity index (χ1v) is 10.2. The maximum Gasteiger partial charge on any atom is 0.407 e. The molecule has 1 heterocycles. The molecular weight excluding hydrogens is 410 g/mol. The van der Waals surface area contributed by atoms with Crippen molar-refractivity contribution in [2.45, 2.75) is 18.1 Å². The van der Waals surface area contributed by atoms with E-state index < -0.39 is 18.3 Å². The van der Waals surface area contributed by atoms with Crippen LogP contribution in [0.25, 0.3) is 11.1 Å². The van der Waals surface area contributed by atoms with Crippen LogP contribution in [0.5, 0.6) is 5.88 Å². The van der Waals surface area contributed by atoms with Crippen molar-refractivity contribution in [1.82, 2.24) is 10.3 Å². The summed E-state index contributed by atoms with van der Waals surface area (Å²) in [5.74, 6) is 0.171. The molecule has 3 aromatic rings. The number of aliphatic hydroxyl groups is 2. The molecule has 5 N–H and O–H groups in total. The van der Waals surface area contributed by atoms with Gasteiger partial charge in [0.2, 0.25) is 5.88 Å². The molecule has 2 aromatic carbocycles. The van der Waals surface area contributed by atoms with Crippen LogP contribution in [0.3, 0.4) is 0 Å². The third kappa shape index (κ3) is 4.23. The van der Waals surface area contributed by atoms with Gasteiger partial charge in [-0.15, -0.1) is 0 Å². The van der Waals surface area contributed by atoms with Crippen LogP contribution in [0.4, 0.5) is 10.5 Å². The van der Waals surface area contributed by atoms with Crippen LogP contribution >= 0.6 is 0 Å². The number of methoxy groups -OCH3 is 1. The van der Waals surface area contributed by atoms with Gasteiger partial charge in [0.15, 0.2) is 0 Å². The number of hydrogen-bond donors (Lipinski definition) is 4. The van der Waals surface area contributed by atoms with E-state index in [-0.39, 0.29) is 30.6 Å². The SMILES string of the molecule is COc1ncc(C(O)C(O)CNC(=O)OCC2c3ccccc3-c3ccccc32)cc1N. The summed E-state index contributed by atoms with van der Waals surface area (Å²) in [5.41, 5.74) is 10.8. The van der Waals surface area contributed by atoms with E-state index in [9.17, 15) is 15.0 Å². The van der Waals surface area contributed by atoms with Crippen LogP contribution in [-0.2, 0) is 4.74 Å². The van der Waals surface area contributed by atoms with Crippen LogP contribution in [0.15, 0.2) is 60.8 Å². The number of nitrogens with one attached hydrogen (secondary N) is 1. The fourth-order valence-corrected chi connectivity index (χ4v) is 3.99. The monoisotopic (exact) mass is 435 g/mol. The molecule has 166 valence electrons. The molecule has 0 saturated heterocycles. The van der Waals surface area contributed by atoms with Gasteiger partial charge >= 0.3 is 6.09 Å². The molecule has 8 heteroatoms. The second kappa shape index (κ2) is 9.25. The summed E-state index contributed by atoms with van der Waals surface area (Å²) in [6, 6.07) is 17.6. The lowest BCUT2D eigenvalue weighted by Crippen LogP contribution is -2.36. The highest BCUT2D eigenvalue weighted by Crippen LogP contribution is 2.44. The fraction of sp³-hybridized carbons (Fsp3) is 0.250. The van der Waals surface area contributed by atoms with E-state index in [4.69, 9.17) is 15.2 Å². The van der Waals surface area contributed by atoms with Gasteiger partial charge in [0, 0.05) is 24.2 Å². The van der Waals surface area contributed by atoms with Crippen molar-refractivity contribution in [2.24, 2.45) is 0 Å². The largest absolute Gasteiger partial charge is 0.480 e. The third-order valence-electron chi connectivity index (χ3n) is 5.60. The number of rotatable bonds is 7. The van der Waals surface area contributed by atoms with Crippen LogP contribution in [-0.4, -0.2) is 47.7 Å². The van der Waals surface area contributed by atoms with Gasteiger partial charge in [0.1, 0.15) is 18.8 Å². The van der Waals surface area contributed by atoms with Gasteiger partial charge in [-0.25, -0.2) is 9.78 Å². The van der Waals surface area contributed by atoms with Gasteiger partial charge in [-0.3, -0.25) is 0 Å². The number of alkyl carbamates (subject to hydrolysis) is 1. The number of nitrogen functional groups attached to an aromatic ring is 1. The van der Waals surface area contributed by atoms with Gasteiger partial charge in [-0.2, -0.15) is 0 Å². The lowest BCUT2D eigenvalue weighted by Gasteiger charge is -2.19. The van der Waals surface area contributed by atoms with Gasteiger partial charge in [-0.1, -0.05) is 48.5 Å². The van der Waals surface area contributed by atoms with E-state index >= 15 is 0 Å². The predicted molar refractivity (Wildman–Crippen MR) is 119 cm³/mol. The van der Waals surface area contributed by atoms with E-state index in [1.165, 1.54) is 19.4 Å². The van der Waals surface area contributed by atoms with Crippen molar-refractivity contribution in [2.75, 3.05) is 26.0 Å². The van der Waals surface area contributed by atoms with E-state index in [1.54, 1.807) is 0 Å². The van der Waals surface area contributed by atoms with Crippen molar-refractivity contribution < 1.29 is 24.5 Å². The Bertz CT molecular complexity index is 1070. The zero-order valence-corrected chi connectivity index (χ0v) is 17.6. The van der Waals surface area contributed by atoms with Crippen molar-refractivity contribution in [3.63, 3.8) is 0 Å². The summed E-state index contributed by atoms with van der Waals surface area (Å²) in [6.07, 6.45) is -1.88. The first kappa shape index (κ1) is 21.6. The van der Waals surface area contributed by atoms with E-state index in [1.807, 2.05) is 36.4 Å². The minimum Gasteiger partial charge on any atom is -0.480 e. The fourth-order valence-electron chi connectivity index (χ4n) is 3.99. The lowest BCUT2D eigenvalue weighted by molar-refractivity contribution is 0.0183. The number of fused-ring (bicyclic) bond motifs is 3. The van der Waals surface area contributed by atoms with Crippen molar-refractivity contribution >= 4 is 11.8 Å². The van der Waals surface area contributed by atoms with Gasteiger partial charge < -0.3 is 30.7 Å². The Morgan fingerprint density at radius 3 is 2.34 bits per heavy atom. The number of carbonyl (C=O) groups excluding carboxylic acids is 1. The van der Waals surface area contributed by atoms with E-state index in [0.717, 1.165) is 22.3 Å². The van der Waals surface area contributed by atoms with Crippen LogP contribution in [0.1, 0.15) is 28.7 Å². The van der Waals surface area contributed by atoms with Gasteiger partial charge in [-0.05, 0) is 28.3 Å². The number of nitrogens with zero attached hydrogens (tertiary/aromatic N) is 1. The molecule has 1 aromatic heterocycles. The normalized spacial score (nSPS) is 14.2. The zero-order valence-electron chi connectivity index (χ0n) is 17.6. The highest BCUT2D eigenvalue weighted by atomic mass is 16.5.